The summed E-state index contributed by atoms with van der Waals surface area (Å²) in [7, 11) is 0. The Kier molecular flexibility index (Phi) is 1.81. The molecule has 0 bridgehead atoms. The Morgan fingerprint density at radius 2 is 2.60 bits per heavy atom. The number of carbonyl (C=O) groups excluding carboxylic acids is 1. The number of allylic oxidation sites excluding steroid dienone is 1. The van der Waals surface area contributed by atoms with Crippen LogP contribution in [0.25, 0.3) is 0 Å². The van der Waals surface area contributed by atoms with Gasteiger partial charge in [-0.2, -0.15) is 0 Å². The fourth-order valence-electron chi connectivity index (χ4n) is 1.30. The van der Waals surface area contributed by atoms with Crippen LogP contribution in [-0.4, -0.2) is 5.78 Å². The molecule has 1 aliphatic carbocycles. The molecule has 0 heterocycles. The van der Waals surface area contributed by atoms with E-state index in [4.69, 9.17) is 2.74 Å². The lowest BCUT2D eigenvalue weighted by Gasteiger charge is -2.18. The number of Topliss-reactive ketones (excluding diaryl/α,β-unsaturated/α-hetero) is 1. The summed E-state index contributed by atoms with van der Waals surface area (Å²) < 4.78 is 15.1. The van der Waals surface area contributed by atoms with E-state index in [1.165, 1.54) is 6.08 Å². The Morgan fingerprint density at radius 1 is 1.80 bits per heavy atom. The zero-order chi connectivity index (χ0) is 9.19. The molecule has 0 saturated heterocycles. The average molecular weight is 140 g/mol. The third-order valence-corrected chi connectivity index (χ3v) is 1.87. The van der Waals surface area contributed by atoms with Crippen LogP contribution in [0, 0.1) is 5.92 Å². The van der Waals surface area contributed by atoms with E-state index in [1.807, 2.05) is 0 Å². The molecule has 0 aromatic rings. The smallest absolute Gasteiger partial charge is 0.136 e. The van der Waals surface area contributed by atoms with Crippen molar-refractivity contribution < 1.29 is 7.54 Å². The zero-order valence-electron chi connectivity index (χ0n) is 8.10. The molecule has 0 aromatic heterocycles. The SMILES string of the molecule is [2H]C([2H])(C=C)[C@@H]1CCCCC1=O. The first-order valence-corrected chi connectivity index (χ1v) is 3.74. The van der Waals surface area contributed by atoms with E-state index in [9.17, 15) is 4.79 Å². The first kappa shape index (κ1) is 5.11. The predicted molar refractivity (Wildman–Crippen MR) is 41.8 cm³/mol. The second-order valence-electron chi connectivity index (χ2n) is 2.64. The van der Waals surface area contributed by atoms with Crippen molar-refractivity contribution in [3.05, 3.63) is 12.7 Å². The summed E-state index contributed by atoms with van der Waals surface area (Å²) in [6.45, 7) is 3.41. The van der Waals surface area contributed by atoms with Gasteiger partial charge in [-0.25, -0.2) is 0 Å². The molecular formula is C9H14O. The molecule has 1 rings (SSSR count). The highest BCUT2D eigenvalue weighted by molar-refractivity contribution is 5.81. The van der Waals surface area contributed by atoms with Crippen molar-refractivity contribution in [1.29, 1.82) is 0 Å². The normalized spacial score (nSPS) is 30.8. The lowest BCUT2D eigenvalue weighted by atomic mass is 9.86. The first-order chi connectivity index (χ1) is 5.58. The molecule has 56 valence electrons. The summed E-state index contributed by atoms with van der Waals surface area (Å²) in [6, 6.07) is 0. The third kappa shape index (κ3) is 1.69. The predicted octanol–water partition coefficient (Wildman–Crippen LogP) is 2.32. The Morgan fingerprint density at radius 3 is 3.20 bits per heavy atom. The summed E-state index contributed by atoms with van der Waals surface area (Å²) in [5.74, 6) is -0.380. The molecule has 1 fully saturated rings. The minimum atomic E-state index is -1.50. The first-order valence-electron chi connectivity index (χ1n) is 4.74. The maximum Gasteiger partial charge on any atom is 0.136 e. The maximum absolute atomic E-state index is 11.3. The molecule has 1 atom stereocenters. The van der Waals surface area contributed by atoms with Gasteiger partial charge in [0.2, 0.25) is 0 Å². The summed E-state index contributed by atoms with van der Waals surface area (Å²) in [6.07, 6.45) is 2.85. The van der Waals surface area contributed by atoms with Gasteiger partial charge in [0, 0.05) is 15.1 Å². The van der Waals surface area contributed by atoms with Crippen molar-refractivity contribution in [2.45, 2.75) is 32.1 Å². The van der Waals surface area contributed by atoms with Crippen molar-refractivity contribution in [2.24, 2.45) is 5.92 Å². The van der Waals surface area contributed by atoms with Gasteiger partial charge in [-0.1, -0.05) is 12.5 Å². The van der Waals surface area contributed by atoms with E-state index in [-0.39, 0.29) is 5.78 Å². The van der Waals surface area contributed by atoms with E-state index in [2.05, 4.69) is 6.58 Å². The number of ketones is 1. The van der Waals surface area contributed by atoms with Crippen LogP contribution in [-0.2, 0) is 4.79 Å². The number of carbonyl (C=O) groups is 1. The van der Waals surface area contributed by atoms with Gasteiger partial charge in [-0.3, -0.25) is 4.79 Å². The highest BCUT2D eigenvalue weighted by atomic mass is 16.1. The second-order valence-corrected chi connectivity index (χ2v) is 2.64. The van der Waals surface area contributed by atoms with Crippen molar-refractivity contribution >= 4 is 5.78 Å². The molecule has 0 radical (unpaired) electrons. The summed E-state index contributed by atoms with van der Waals surface area (Å²) in [5, 5.41) is 0. The molecule has 1 heteroatoms. The van der Waals surface area contributed by atoms with Gasteiger partial charge in [-0.15, -0.1) is 6.58 Å². The minimum Gasteiger partial charge on any atom is -0.299 e. The van der Waals surface area contributed by atoms with Crippen LogP contribution >= 0.6 is 0 Å². The quantitative estimate of drug-likeness (QED) is 0.538. The summed E-state index contributed by atoms with van der Waals surface area (Å²) >= 11 is 0. The van der Waals surface area contributed by atoms with Crippen LogP contribution in [0.5, 0.6) is 0 Å². The fourth-order valence-corrected chi connectivity index (χ4v) is 1.30. The van der Waals surface area contributed by atoms with Gasteiger partial charge in [0.05, 0.1) is 0 Å². The molecule has 0 N–H and O–H groups in total. The van der Waals surface area contributed by atoms with Crippen molar-refractivity contribution in [2.75, 3.05) is 0 Å². The molecule has 0 spiro atoms. The number of hydrogen-bond acceptors (Lipinski definition) is 1. The monoisotopic (exact) mass is 140 g/mol. The van der Waals surface area contributed by atoms with Crippen molar-refractivity contribution in [3.8, 4) is 0 Å². The second kappa shape index (κ2) is 3.55. The molecule has 10 heavy (non-hydrogen) atoms. The van der Waals surface area contributed by atoms with Crippen LogP contribution in [0.2, 0.25) is 0 Å². The highest BCUT2D eigenvalue weighted by Gasteiger charge is 2.19. The topological polar surface area (TPSA) is 17.1 Å². The van der Waals surface area contributed by atoms with Gasteiger partial charge >= 0.3 is 0 Å². The molecule has 1 aliphatic rings. The van der Waals surface area contributed by atoms with E-state index in [0.29, 0.717) is 12.8 Å². The van der Waals surface area contributed by atoms with E-state index in [1.54, 1.807) is 0 Å². The van der Waals surface area contributed by atoms with Crippen LogP contribution in [0.1, 0.15) is 34.8 Å². The lowest BCUT2D eigenvalue weighted by Crippen LogP contribution is -2.17. The van der Waals surface area contributed by atoms with Crippen molar-refractivity contribution in [3.63, 3.8) is 0 Å². The largest absolute Gasteiger partial charge is 0.299 e. The van der Waals surface area contributed by atoms with Gasteiger partial charge in [-0.05, 0) is 19.2 Å². The van der Waals surface area contributed by atoms with Crippen LogP contribution in [0.15, 0.2) is 12.7 Å². The third-order valence-electron chi connectivity index (χ3n) is 1.87. The van der Waals surface area contributed by atoms with E-state index >= 15 is 0 Å². The highest BCUT2D eigenvalue weighted by Crippen LogP contribution is 2.23. The lowest BCUT2D eigenvalue weighted by molar-refractivity contribution is -0.124. The Balaban J connectivity index is 2.71. The zero-order valence-corrected chi connectivity index (χ0v) is 6.10. The Bertz CT molecular complexity index is 199. The molecule has 0 aromatic carbocycles. The van der Waals surface area contributed by atoms with Crippen LogP contribution < -0.4 is 0 Å². The standard InChI is InChI=1S/C9H14O/c1-2-5-8-6-3-4-7-9(8)10/h2,8H,1,3-7H2/t8-/m1/s1/i5D2. The van der Waals surface area contributed by atoms with Gasteiger partial charge < -0.3 is 0 Å². The van der Waals surface area contributed by atoms with Gasteiger partial charge in [0.25, 0.3) is 0 Å². The van der Waals surface area contributed by atoms with Crippen molar-refractivity contribution in [1.82, 2.24) is 0 Å². The van der Waals surface area contributed by atoms with Gasteiger partial charge in [0.15, 0.2) is 0 Å². The Labute approximate surface area is 64.9 Å². The molecule has 1 nitrogen and oxygen atoms in total. The molecule has 0 amide bonds. The Hall–Kier alpha value is -0.590. The van der Waals surface area contributed by atoms with Crippen LogP contribution in [0.4, 0.5) is 0 Å². The van der Waals surface area contributed by atoms with Crippen LogP contribution in [0.3, 0.4) is 0 Å². The summed E-state index contributed by atoms with van der Waals surface area (Å²) in [5.41, 5.74) is 0. The average Bonchev–Trinajstić information content (AvgIpc) is 2.05. The molecular weight excluding hydrogens is 124 g/mol. The maximum atomic E-state index is 11.3. The number of rotatable bonds is 2. The fraction of sp³-hybridized carbons (Fsp3) is 0.667. The van der Waals surface area contributed by atoms with Gasteiger partial charge in [0.1, 0.15) is 5.78 Å². The molecule has 0 unspecified atom stereocenters. The van der Waals surface area contributed by atoms with E-state index in [0.717, 1.165) is 12.8 Å². The number of hydrogen-bond donors (Lipinski definition) is 0. The minimum absolute atomic E-state index is 0.0613. The van der Waals surface area contributed by atoms with E-state index < -0.39 is 12.3 Å². The summed E-state index contributed by atoms with van der Waals surface area (Å²) in [4.78, 5) is 11.3. The molecule has 1 saturated carbocycles. The molecule has 0 aliphatic heterocycles.